The summed E-state index contributed by atoms with van der Waals surface area (Å²) >= 11 is 0. The van der Waals surface area contributed by atoms with Crippen LogP contribution in [0.1, 0.15) is 15.9 Å². The average molecular weight is 322 g/mol. The van der Waals surface area contributed by atoms with Crippen LogP contribution in [0.25, 0.3) is 0 Å². The first-order chi connectivity index (χ1) is 10.3. The number of hydrogen-bond acceptors (Lipinski definition) is 5. The van der Waals surface area contributed by atoms with Gasteiger partial charge in [0.25, 0.3) is 0 Å². The number of aryl methyl sites for hydroxylation is 1. The molecule has 7 heteroatoms. The van der Waals surface area contributed by atoms with Gasteiger partial charge in [0.05, 0.1) is 12.7 Å². The zero-order valence-corrected chi connectivity index (χ0v) is 12.8. The molecule has 0 saturated carbocycles. The van der Waals surface area contributed by atoms with Crippen molar-refractivity contribution >= 4 is 16.1 Å². The number of hydrogen-bond donors (Lipinski definition) is 1. The second-order valence-corrected chi connectivity index (χ2v) is 6.02. The fourth-order valence-corrected chi connectivity index (χ4v) is 2.81. The van der Waals surface area contributed by atoms with Crippen LogP contribution in [-0.4, -0.2) is 26.6 Å². The van der Waals surface area contributed by atoms with Gasteiger partial charge in [0.15, 0.2) is 11.5 Å². The Labute approximate surface area is 128 Å². The van der Waals surface area contributed by atoms with Gasteiger partial charge in [-0.15, -0.1) is 0 Å². The Morgan fingerprint density at radius 3 is 2.32 bits per heavy atom. The Bertz CT molecular complexity index is 811. The van der Waals surface area contributed by atoms with Crippen molar-refractivity contribution < 1.29 is 27.2 Å². The van der Waals surface area contributed by atoms with Crippen LogP contribution >= 0.6 is 0 Å². The molecule has 0 atom stereocenters. The predicted octanol–water partition coefficient (Wildman–Crippen LogP) is 2.47. The highest BCUT2D eigenvalue weighted by Crippen LogP contribution is 2.29. The van der Waals surface area contributed by atoms with Crippen LogP contribution in [0.5, 0.6) is 11.5 Å². The van der Waals surface area contributed by atoms with Crippen molar-refractivity contribution in [3.05, 3.63) is 53.6 Å². The summed E-state index contributed by atoms with van der Waals surface area (Å²) in [6.45, 7) is 1.58. The summed E-state index contributed by atoms with van der Waals surface area (Å²) < 4.78 is 34.6. The molecule has 0 radical (unpaired) electrons. The van der Waals surface area contributed by atoms with E-state index in [-0.39, 0.29) is 22.0 Å². The summed E-state index contributed by atoms with van der Waals surface area (Å²) in [5.74, 6) is -0.911. The van der Waals surface area contributed by atoms with Gasteiger partial charge in [-0.3, -0.25) is 0 Å². The molecule has 0 fully saturated rings. The highest BCUT2D eigenvalue weighted by molar-refractivity contribution is 7.87. The molecule has 0 heterocycles. The smallest absolute Gasteiger partial charge is 0.339 e. The van der Waals surface area contributed by atoms with Gasteiger partial charge in [0, 0.05) is 0 Å². The first kappa shape index (κ1) is 15.8. The van der Waals surface area contributed by atoms with Crippen LogP contribution in [0.3, 0.4) is 0 Å². The lowest BCUT2D eigenvalue weighted by atomic mass is 10.1. The Hall–Kier alpha value is -2.54. The van der Waals surface area contributed by atoms with Gasteiger partial charge in [0.1, 0.15) is 4.90 Å². The molecule has 0 amide bonds. The van der Waals surface area contributed by atoms with Crippen LogP contribution in [-0.2, 0) is 10.1 Å². The molecule has 0 unspecified atom stereocenters. The van der Waals surface area contributed by atoms with Gasteiger partial charge in [-0.25, -0.2) is 4.79 Å². The van der Waals surface area contributed by atoms with Crippen molar-refractivity contribution in [1.82, 2.24) is 0 Å². The minimum Gasteiger partial charge on any atom is -0.493 e. The zero-order chi connectivity index (χ0) is 16.3. The summed E-state index contributed by atoms with van der Waals surface area (Å²) in [5, 5.41) is 9.07. The number of ether oxygens (including phenoxy) is 1. The second-order valence-electron chi connectivity index (χ2n) is 4.47. The maximum Gasteiger partial charge on any atom is 0.339 e. The van der Waals surface area contributed by atoms with Crippen molar-refractivity contribution in [1.29, 1.82) is 0 Å². The third-order valence-corrected chi connectivity index (χ3v) is 4.23. The highest BCUT2D eigenvalue weighted by Gasteiger charge is 2.21. The number of benzene rings is 2. The van der Waals surface area contributed by atoms with Gasteiger partial charge in [0.2, 0.25) is 0 Å². The fraction of sp³-hybridized carbons (Fsp3) is 0.133. The third-order valence-electron chi connectivity index (χ3n) is 3.00. The van der Waals surface area contributed by atoms with E-state index in [1.54, 1.807) is 25.1 Å². The van der Waals surface area contributed by atoms with Crippen LogP contribution in [0, 0.1) is 6.92 Å². The van der Waals surface area contributed by atoms with Gasteiger partial charge < -0.3 is 14.0 Å². The lowest BCUT2D eigenvalue weighted by Crippen LogP contribution is -2.12. The summed E-state index contributed by atoms with van der Waals surface area (Å²) in [4.78, 5) is 10.9. The number of carboxylic acids is 1. The molecule has 22 heavy (non-hydrogen) atoms. The van der Waals surface area contributed by atoms with Crippen molar-refractivity contribution in [2.75, 3.05) is 7.11 Å². The number of carbonyl (C=O) groups is 1. The van der Waals surface area contributed by atoms with Crippen LogP contribution in [0.2, 0.25) is 0 Å². The third kappa shape index (κ3) is 3.20. The van der Waals surface area contributed by atoms with E-state index < -0.39 is 16.1 Å². The van der Waals surface area contributed by atoms with Gasteiger partial charge in [-0.1, -0.05) is 18.2 Å². The minimum absolute atomic E-state index is 0.0300. The van der Waals surface area contributed by atoms with Crippen molar-refractivity contribution in [3.8, 4) is 11.5 Å². The van der Waals surface area contributed by atoms with Crippen LogP contribution in [0.15, 0.2) is 47.4 Å². The van der Waals surface area contributed by atoms with E-state index in [4.69, 9.17) is 14.0 Å². The molecule has 2 aromatic carbocycles. The van der Waals surface area contributed by atoms with E-state index in [0.29, 0.717) is 5.56 Å². The SMILES string of the molecule is COc1ccccc1OS(=O)(=O)c1ccc(C)c(C(=O)O)c1. The molecule has 6 nitrogen and oxygen atoms in total. The quantitative estimate of drug-likeness (QED) is 0.851. The maximum atomic E-state index is 12.3. The molecule has 0 saturated heterocycles. The molecule has 0 aromatic heterocycles. The number of aromatic carboxylic acids is 1. The van der Waals surface area contributed by atoms with Gasteiger partial charge in [-0.05, 0) is 36.8 Å². The van der Waals surface area contributed by atoms with E-state index in [9.17, 15) is 13.2 Å². The molecule has 2 aromatic rings. The standard InChI is InChI=1S/C15H14O6S/c1-10-7-8-11(9-12(10)15(16)17)22(18,19)21-14-6-4-3-5-13(14)20-2/h3-9H,1-2H3,(H,16,17). The topological polar surface area (TPSA) is 89.9 Å². The monoisotopic (exact) mass is 322 g/mol. The lowest BCUT2D eigenvalue weighted by molar-refractivity contribution is 0.0696. The summed E-state index contributed by atoms with van der Waals surface area (Å²) in [5.41, 5.74) is 0.369. The molecule has 0 aliphatic rings. The Kier molecular flexibility index (Phi) is 4.37. The fourth-order valence-electron chi connectivity index (χ4n) is 1.84. The first-order valence-electron chi connectivity index (χ1n) is 6.26. The van der Waals surface area contributed by atoms with Crippen LogP contribution in [0.4, 0.5) is 0 Å². The summed E-state index contributed by atoms with van der Waals surface area (Å²) in [7, 11) is -2.77. The van der Waals surface area contributed by atoms with E-state index in [1.165, 1.54) is 25.3 Å². The Morgan fingerprint density at radius 2 is 1.73 bits per heavy atom. The maximum absolute atomic E-state index is 12.3. The van der Waals surface area contributed by atoms with Gasteiger partial charge in [-0.2, -0.15) is 8.42 Å². The average Bonchev–Trinajstić information content (AvgIpc) is 2.47. The zero-order valence-electron chi connectivity index (χ0n) is 11.9. The molecule has 2 rings (SSSR count). The largest absolute Gasteiger partial charge is 0.493 e. The molecule has 0 aliphatic carbocycles. The summed E-state index contributed by atoms with van der Waals surface area (Å²) in [6, 6.07) is 10.1. The van der Waals surface area contributed by atoms with E-state index >= 15 is 0 Å². The number of carboxylic acid groups (broad SMARTS) is 1. The predicted molar refractivity (Wildman–Crippen MR) is 78.9 cm³/mol. The second kappa shape index (κ2) is 6.07. The minimum atomic E-state index is -4.16. The molecule has 0 bridgehead atoms. The number of para-hydroxylation sites is 2. The van der Waals surface area contributed by atoms with Crippen molar-refractivity contribution in [3.63, 3.8) is 0 Å². The molecular formula is C15H14O6S. The van der Waals surface area contributed by atoms with Crippen LogP contribution < -0.4 is 8.92 Å². The molecular weight excluding hydrogens is 308 g/mol. The number of methoxy groups -OCH3 is 1. The molecule has 1 N–H and O–H groups in total. The van der Waals surface area contributed by atoms with E-state index in [2.05, 4.69) is 0 Å². The number of rotatable bonds is 5. The normalized spacial score (nSPS) is 11.0. The molecule has 0 spiro atoms. The summed E-state index contributed by atoms with van der Waals surface area (Å²) in [6.07, 6.45) is 0. The highest BCUT2D eigenvalue weighted by atomic mass is 32.2. The first-order valence-corrected chi connectivity index (χ1v) is 7.67. The Morgan fingerprint density at radius 1 is 1.09 bits per heavy atom. The van der Waals surface area contributed by atoms with Crippen molar-refractivity contribution in [2.45, 2.75) is 11.8 Å². The lowest BCUT2D eigenvalue weighted by Gasteiger charge is -2.11. The Balaban J connectivity index is 2.43. The molecule has 0 aliphatic heterocycles. The molecule has 116 valence electrons. The van der Waals surface area contributed by atoms with E-state index in [1.807, 2.05) is 0 Å². The van der Waals surface area contributed by atoms with Crippen molar-refractivity contribution in [2.24, 2.45) is 0 Å². The van der Waals surface area contributed by atoms with E-state index in [0.717, 1.165) is 6.07 Å². The van der Waals surface area contributed by atoms with Gasteiger partial charge >= 0.3 is 16.1 Å².